The van der Waals surface area contributed by atoms with Gasteiger partial charge in [0.25, 0.3) is 0 Å². The monoisotopic (exact) mass is 633 g/mol. The van der Waals surface area contributed by atoms with Crippen LogP contribution < -0.4 is 10.2 Å². The molecule has 0 radical (unpaired) electrons. The molecular weight excluding hydrogens is 586 g/mol. The van der Waals surface area contributed by atoms with E-state index in [1.807, 2.05) is 31.2 Å². The summed E-state index contributed by atoms with van der Waals surface area (Å²) in [6.45, 7) is 8.61. The normalized spacial score (nSPS) is 17.5. The lowest BCUT2D eigenvalue weighted by Gasteiger charge is -2.35. The standard InChI is InChI=1S/C35H47N5O6/c1-2-42-17-18-44-21-22-45-20-19-43-16-12-34(41)46-30-23-27(24-30)26-37-32-25-33(39-35(38-32)31-9-5-6-13-36-31)40-14-10-28-7-3-4-8-29(28)11-15-40/h3-9,13,25,27,30H,2,10-12,14-24,26H2,1H3,(H,37,38,39). The number of aromatic nitrogens is 3. The Hall–Kier alpha value is -3.64. The Morgan fingerprint density at radius 2 is 1.50 bits per heavy atom. The van der Waals surface area contributed by atoms with Crippen molar-refractivity contribution in [2.75, 3.05) is 82.7 Å². The number of benzene rings is 1. The second kappa shape index (κ2) is 18.5. The highest BCUT2D eigenvalue weighted by atomic mass is 16.6. The minimum Gasteiger partial charge on any atom is -0.462 e. The van der Waals surface area contributed by atoms with Gasteiger partial charge in [0.15, 0.2) is 5.82 Å². The zero-order chi connectivity index (χ0) is 31.8. The molecule has 1 aliphatic heterocycles. The molecule has 0 atom stereocenters. The highest BCUT2D eigenvalue weighted by molar-refractivity contribution is 5.69. The van der Waals surface area contributed by atoms with Crippen LogP contribution in [0.15, 0.2) is 54.7 Å². The molecule has 1 fully saturated rings. The van der Waals surface area contributed by atoms with E-state index in [1.54, 1.807) is 6.20 Å². The number of carbonyl (C=O) groups is 1. The lowest BCUT2D eigenvalue weighted by Crippen LogP contribution is -2.37. The van der Waals surface area contributed by atoms with Crippen molar-refractivity contribution >= 4 is 17.6 Å². The van der Waals surface area contributed by atoms with Crippen LogP contribution in [0.4, 0.5) is 11.6 Å². The number of nitrogens with one attached hydrogen (secondary N) is 1. The van der Waals surface area contributed by atoms with Crippen LogP contribution in [0.3, 0.4) is 0 Å². The van der Waals surface area contributed by atoms with Crippen LogP contribution in [0, 0.1) is 5.92 Å². The first kappa shape index (κ1) is 33.7. The fourth-order valence-corrected chi connectivity index (χ4v) is 5.58. The van der Waals surface area contributed by atoms with Crippen molar-refractivity contribution in [2.24, 2.45) is 5.92 Å². The molecule has 0 saturated heterocycles. The van der Waals surface area contributed by atoms with E-state index in [9.17, 15) is 4.79 Å². The van der Waals surface area contributed by atoms with Crippen LogP contribution in [-0.4, -0.2) is 99.5 Å². The number of esters is 1. The first-order valence-corrected chi connectivity index (χ1v) is 16.5. The number of pyridine rings is 1. The van der Waals surface area contributed by atoms with Gasteiger partial charge in [0.2, 0.25) is 0 Å². The van der Waals surface area contributed by atoms with Crippen molar-refractivity contribution < 1.29 is 28.5 Å². The van der Waals surface area contributed by atoms with Gasteiger partial charge in [0.1, 0.15) is 23.4 Å². The van der Waals surface area contributed by atoms with E-state index in [-0.39, 0.29) is 18.5 Å². The van der Waals surface area contributed by atoms with Gasteiger partial charge in [-0.2, -0.15) is 0 Å². The van der Waals surface area contributed by atoms with E-state index in [4.69, 9.17) is 33.7 Å². The molecule has 3 aromatic rings. The fraction of sp³-hybridized carbons (Fsp3) is 0.543. The fourth-order valence-electron chi connectivity index (χ4n) is 5.58. The Morgan fingerprint density at radius 3 is 2.15 bits per heavy atom. The minimum absolute atomic E-state index is 0.0471. The number of fused-ring (bicyclic) bond motifs is 1. The molecule has 3 heterocycles. The average molecular weight is 634 g/mol. The minimum atomic E-state index is -0.222. The van der Waals surface area contributed by atoms with Gasteiger partial charge in [0.05, 0.1) is 52.7 Å². The van der Waals surface area contributed by atoms with Gasteiger partial charge in [-0.05, 0) is 61.8 Å². The molecule has 2 aliphatic rings. The van der Waals surface area contributed by atoms with Gasteiger partial charge in [-0.1, -0.05) is 30.3 Å². The summed E-state index contributed by atoms with van der Waals surface area (Å²) >= 11 is 0. The predicted molar refractivity (Wildman–Crippen MR) is 176 cm³/mol. The summed E-state index contributed by atoms with van der Waals surface area (Å²) in [5, 5.41) is 3.53. The molecule has 248 valence electrons. The lowest BCUT2D eigenvalue weighted by atomic mass is 9.82. The smallest absolute Gasteiger partial charge is 0.308 e. The van der Waals surface area contributed by atoms with Gasteiger partial charge in [-0.3, -0.25) is 9.78 Å². The topological polar surface area (TPSA) is 117 Å². The highest BCUT2D eigenvalue weighted by Gasteiger charge is 2.32. The molecular formula is C35H47N5O6. The van der Waals surface area contributed by atoms with Crippen LogP contribution in [0.5, 0.6) is 0 Å². The molecule has 5 rings (SSSR count). The van der Waals surface area contributed by atoms with E-state index in [0.29, 0.717) is 64.6 Å². The van der Waals surface area contributed by atoms with Gasteiger partial charge in [-0.15, -0.1) is 0 Å². The highest BCUT2D eigenvalue weighted by Crippen LogP contribution is 2.31. The summed E-state index contributed by atoms with van der Waals surface area (Å²) in [6.07, 6.45) is 5.58. The number of nitrogens with zero attached hydrogens (tertiary/aromatic N) is 4. The summed E-state index contributed by atoms with van der Waals surface area (Å²) in [5.74, 6) is 2.48. The molecule has 1 aromatic carbocycles. The molecule has 0 unspecified atom stereocenters. The summed E-state index contributed by atoms with van der Waals surface area (Å²) in [7, 11) is 0. The van der Waals surface area contributed by atoms with Crippen molar-refractivity contribution in [2.45, 2.75) is 45.1 Å². The quantitative estimate of drug-likeness (QED) is 0.150. The second-order valence-corrected chi connectivity index (χ2v) is 11.5. The molecule has 0 amide bonds. The average Bonchev–Trinajstić information content (AvgIpc) is 3.29. The Morgan fingerprint density at radius 1 is 0.848 bits per heavy atom. The lowest BCUT2D eigenvalue weighted by molar-refractivity contribution is -0.156. The molecule has 0 spiro atoms. The number of carbonyl (C=O) groups excluding carboxylic acids is 1. The van der Waals surface area contributed by atoms with Gasteiger partial charge in [0, 0.05) is 38.5 Å². The Bertz CT molecular complexity index is 1310. The largest absolute Gasteiger partial charge is 0.462 e. The van der Waals surface area contributed by atoms with Crippen molar-refractivity contribution in [1.29, 1.82) is 0 Å². The van der Waals surface area contributed by atoms with E-state index >= 15 is 0 Å². The van der Waals surface area contributed by atoms with E-state index < -0.39 is 0 Å². The van der Waals surface area contributed by atoms with Crippen LogP contribution in [0.25, 0.3) is 11.5 Å². The summed E-state index contributed by atoms with van der Waals surface area (Å²) in [4.78, 5) is 28.9. The first-order chi connectivity index (χ1) is 22.7. The SMILES string of the molecule is CCOCCOCCOCCOCCC(=O)OC1CC(CNc2cc(N3CCc4ccccc4CC3)nc(-c3ccccn3)n2)C1. The Labute approximate surface area is 272 Å². The van der Waals surface area contributed by atoms with Crippen molar-refractivity contribution in [3.63, 3.8) is 0 Å². The number of hydrogen-bond donors (Lipinski definition) is 1. The zero-order valence-corrected chi connectivity index (χ0v) is 26.9. The van der Waals surface area contributed by atoms with Crippen molar-refractivity contribution in [1.82, 2.24) is 15.0 Å². The number of ether oxygens (including phenoxy) is 5. The van der Waals surface area contributed by atoms with Crippen LogP contribution in [-0.2, 0) is 41.3 Å². The maximum atomic E-state index is 12.3. The number of hydrogen-bond acceptors (Lipinski definition) is 11. The van der Waals surface area contributed by atoms with Gasteiger partial charge in [-0.25, -0.2) is 9.97 Å². The molecule has 46 heavy (non-hydrogen) atoms. The summed E-state index contributed by atoms with van der Waals surface area (Å²) in [5.41, 5.74) is 3.56. The van der Waals surface area contributed by atoms with Crippen LogP contribution in [0.1, 0.15) is 37.3 Å². The second-order valence-electron chi connectivity index (χ2n) is 11.5. The molecule has 11 nitrogen and oxygen atoms in total. The first-order valence-electron chi connectivity index (χ1n) is 16.5. The molecule has 1 aliphatic carbocycles. The van der Waals surface area contributed by atoms with E-state index in [2.05, 4.69) is 39.5 Å². The molecule has 1 N–H and O–H groups in total. The third-order valence-electron chi connectivity index (χ3n) is 8.18. The molecule has 0 bridgehead atoms. The number of rotatable bonds is 19. The van der Waals surface area contributed by atoms with Crippen LogP contribution in [0.2, 0.25) is 0 Å². The van der Waals surface area contributed by atoms with Crippen molar-refractivity contribution in [3.8, 4) is 11.5 Å². The molecule has 2 aromatic heterocycles. The van der Waals surface area contributed by atoms with Crippen molar-refractivity contribution in [3.05, 3.63) is 65.9 Å². The van der Waals surface area contributed by atoms with E-state index in [0.717, 1.165) is 62.6 Å². The third-order valence-corrected chi connectivity index (χ3v) is 8.18. The van der Waals surface area contributed by atoms with Gasteiger partial charge < -0.3 is 33.9 Å². The summed E-state index contributed by atoms with van der Waals surface area (Å²) < 4.78 is 27.2. The maximum Gasteiger partial charge on any atom is 0.308 e. The maximum absolute atomic E-state index is 12.3. The predicted octanol–water partition coefficient (Wildman–Crippen LogP) is 4.35. The Balaban J connectivity index is 1.01. The third kappa shape index (κ3) is 10.7. The van der Waals surface area contributed by atoms with E-state index in [1.165, 1.54) is 11.1 Å². The van der Waals surface area contributed by atoms with Gasteiger partial charge >= 0.3 is 5.97 Å². The van der Waals surface area contributed by atoms with Crippen LogP contribution >= 0.6 is 0 Å². The number of anilines is 2. The zero-order valence-electron chi connectivity index (χ0n) is 26.9. The Kier molecular flexibility index (Phi) is 13.6. The molecule has 1 saturated carbocycles. The summed E-state index contributed by atoms with van der Waals surface area (Å²) in [6, 6.07) is 16.5. The molecule has 11 heteroatoms.